The fourth-order valence-electron chi connectivity index (χ4n) is 1.24. The Bertz CT molecular complexity index is 102. The molecule has 2 heteroatoms. The molecule has 0 atom stereocenters. The van der Waals surface area contributed by atoms with E-state index in [1.54, 1.807) is 0 Å². The number of hydrogen-bond acceptors (Lipinski definition) is 2. The molecule has 0 aromatic heterocycles. The summed E-state index contributed by atoms with van der Waals surface area (Å²) in [5.41, 5.74) is 5.81. The Kier molecular flexibility index (Phi) is 3.24. The molecule has 10 heavy (non-hydrogen) atoms. The summed E-state index contributed by atoms with van der Waals surface area (Å²) in [6.07, 6.45) is 1.06. The van der Waals surface area contributed by atoms with E-state index in [1.165, 1.54) is 0 Å². The fraction of sp³-hybridized carbons (Fsp3) is 1.00. The zero-order chi connectivity index (χ0) is 8.41. The Morgan fingerprint density at radius 2 is 1.60 bits per heavy atom. The van der Waals surface area contributed by atoms with Crippen LogP contribution in [0, 0.1) is 5.41 Å². The van der Waals surface area contributed by atoms with Gasteiger partial charge in [-0.3, -0.25) is 0 Å². The van der Waals surface area contributed by atoms with E-state index in [4.69, 9.17) is 5.73 Å². The molecule has 0 amide bonds. The highest BCUT2D eigenvalue weighted by molar-refractivity contribution is 7.81. The molecule has 0 fully saturated rings. The van der Waals surface area contributed by atoms with Gasteiger partial charge < -0.3 is 5.73 Å². The molecule has 0 aromatic carbocycles. The molecule has 0 bridgehead atoms. The molecule has 62 valence electrons. The average Bonchev–Trinajstić information content (AvgIpc) is 1.60. The lowest BCUT2D eigenvalue weighted by atomic mass is 9.84. The van der Waals surface area contributed by atoms with Gasteiger partial charge in [-0.2, -0.15) is 12.6 Å². The fourth-order valence-corrected chi connectivity index (χ4v) is 1.67. The van der Waals surface area contributed by atoms with Gasteiger partial charge in [0.05, 0.1) is 0 Å². The molecule has 0 heterocycles. The van der Waals surface area contributed by atoms with E-state index in [2.05, 4.69) is 40.3 Å². The zero-order valence-corrected chi connectivity index (χ0v) is 8.33. The highest BCUT2D eigenvalue weighted by Gasteiger charge is 2.24. The van der Waals surface area contributed by atoms with E-state index in [0.717, 1.165) is 13.0 Å². The van der Waals surface area contributed by atoms with Crippen molar-refractivity contribution in [3.63, 3.8) is 0 Å². The van der Waals surface area contributed by atoms with Crippen molar-refractivity contribution < 1.29 is 0 Å². The number of thiol groups is 1. The highest BCUT2D eigenvalue weighted by Crippen LogP contribution is 2.30. The van der Waals surface area contributed by atoms with E-state index >= 15 is 0 Å². The lowest BCUT2D eigenvalue weighted by Crippen LogP contribution is -2.30. The first-order chi connectivity index (χ1) is 4.27. The van der Waals surface area contributed by atoms with E-state index in [0.29, 0.717) is 0 Å². The summed E-state index contributed by atoms with van der Waals surface area (Å²) >= 11 is 4.45. The Morgan fingerprint density at radius 1 is 1.20 bits per heavy atom. The summed E-state index contributed by atoms with van der Waals surface area (Å²) < 4.78 is 0.100. The monoisotopic (exact) mass is 161 g/mol. The molecule has 0 aromatic rings. The molecule has 0 rings (SSSR count). The molecule has 0 aliphatic carbocycles. The van der Waals surface area contributed by atoms with Crippen LogP contribution in [0.3, 0.4) is 0 Å². The van der Waals surface area contributed by atoms with Gasteiger partial charge >= 0.3 is 0 Å². The van der Waals surface area contributed by atoms with Gasteiger partial charge in [0.2, 0.25) is 0 Å². The molecule has 0 aliphatic heterocycles. The van der Waals surface area contributed by atoms with Crippen molar-refractivity contribution >= 4 is 12.6 Å². The van der Waals surface area contributed by atoms with Crippen LogP contribution >= 0.6 is 12.6 Å². The molecule has 1 nitrogen and oxygen atoms in total. The molecule has 0 saturated heterocycles. The second-order valence-corrected chi connectivity index (χ2v) is 5.57. The van der Waals surface area contributed by atoms with E-state index < -0.39 is 0 Å². The molecular weight excluding hydrogens is 142 g/mol. The third kappa shape index (κ3) is 5.12. The minimum Gasteiger partial charge on any atom is -0.330 e. The van der Waals surface area contributed by atoms with Crippen LogP contribution in [0.2, 0.25) is 0 Å². The van der Waals surface area contributed by atoms with Gasteiger partial charge in [-0.1, -0.05) is 27.7 Å². The van der Waals surface area contributed by atoms with Gasteiger partial charge in [-0.15, -0.1) is 0 Å². The zero-order valence-electron chi connectivity index (χ0n) is 7.44. The first-order valence-electron chi connectivity index (χ1n) is 3.69. The SMILES string of the molecule is CC(C)(S)CC(C)(C)CN. The minimum atomic E-state index is 0.100. The average molecular weight is 161 g/mol. The van der Waals surface area contributed by atoms with Crippen molar-refractivity contribution in [3.05, 3.63) is 0 Å². The molecule has 0 aliphatic rings. The highest BCUT2D eigenvalue weighted by atomic mass is 32.1. The summed E-state index contributed by atoms with van der Waals surface area (Å²) in [6.45, 7) is 9.31. The lowest BCUT2D eigenvalue weighted by Gasteiger charge is -2.30. The molecule has 0 radical (unpaired) electrons. The van der Waals surface area contributed by atoms with Crippen LogP contribution in [0.1, 0.15) is 34.1 Å². The van der Waals surface area contributed by atoms with Gasteiger partial charge in [-0.05, 0) is 18.4 Å². The Balaban J connectivity index is 3.89. The second kappa shape index (κ2) is 3.14. The van der Waals surface area contributed by atoms with Crippen LogP contribution in [0.5, 0.6) is 0 Å². The molecular formula is C8H19NS. The van der Waals surface area contributed by atoms with Crippen LogP contribution in [0.4, 0.5) is 0 Å². The van der Waals surface area contributed by atoms with E-state index in [9.17, 15) is 0 Å². The third-order valence-corrected chi connectivity index (χ3v) is 1.62. The molecule has 2 N–H and O–H groups in total. The lowest BCUT2D eigenvalue weighted by molar-refractivity contribution is 0.315. The van der Waals surface area contributed by atoms with E-state index in [1.807, 2.05) is 0 Å². The predicted octanol–water partition coefficient (Wildman–Crippen LogP) is 2.07. The van der Waals surface area contributed by atoms with Gasteiger partial charge in [0.25, 0.3) is 0 Å². The summed E-state index contributed by atoms with van der Waals surface area (Å²) in [5.74, 6) is 0. The van der Waals surface area contributed by atoms with Crippen LogP contribution in [0.25, 0.3) is 0 Å². The van der Waals surface area contributed by atoms with Crippen molar-refractivity contribution in [1.82, 2.24) is 0 Å². The van der Waals surface area contributed by atoms with Crippen molar-refractivity contribution in [2.75, 3.05) is 6.54 Å². The van der Waals surface area contributed by atoms with Crippen LogP contribution in [-0.4, -0.2) is 11.3 Å². The van der Waals surface area contributed by atoms with Crippen LogP contribution < -0.4 is 5.73 Å². The normalized spacial score (nSPS) is 13.8. The smallest absolute Gasteiger partial charge is 0.00787 e. The van der Waals surface area contributed by atoms with E-state index in [-0.39, 0.29) is 10.2 Å². The maximum absolute atomic E-state index is 5.58. The van der Waals surface area contributed by atoms with Crippen LogP contribution in [-0.2, 0) is 0 Å². The third-order valence-electron chi connectivity index (χ3n) is 1.46. The van der Waals surface area contributed by atoms with Crippen molar-refractivity contribution in [2.45, 2.75) is 38.9 Å². The number of hydrogen-bond donors (Lipinski definition) is 2. The molecule has 0 saturated carbocycles. The quantitative estimate of drug-likeness (QED) is 0.609. The molecule has 0 spiro atoms. The Hall–Kier alpha value is 0.310. The number of rotatable bonds is 3. The van der Waals surface area contributed by atoms with Gasteiger partial charge in [0, 0.05) is 4.75 Å². The van der Waals surface area contributed by atoms with Crippen molar-refractivity contribution in [2.24, 2.45) is 11.1 Å². The minimum absolute atomic E-state index is 0.100. The first-order valence-corrected chi connectivity index (χ1v) is 4.14. The van der Waals surface area contributed by atoms with Crippen molar-refractivity contribution in [3.8, 4) is 0 Å². The molecule has 0 unspecified atom stereocenters. The van der Waals surface area contributed by atoms with Gasteiger partial charge in [0.15, 0.2) is 0 Å². The van der Waals surface area contributed by atoms with Crippen molar-refractivity contribution in [1.29, 1.82) is 0 Å². The first kappa shape index (κ1) is 10.3. The van der Waals surface area contributed by atoms with Gasteiger partial charge in [0.1, 0.15) is 0 Å². The standard InChI is InChI=1S/C8H19NS/c1-7(2,6-9)5-8(3,4)10/h10H,5-6,9H2,1-4H3. The second-order valence-electron chi connectivity index (χ2n) is 4.36. The van der Waals surface area contributed by atoms with Crippen LogP contribution in [0.15, 0.2) is 0 Å². The summed E-state index contributed by atoms with van der Waals surface area (Å²) in [7, 11) is 0. The summed E-state index contributed by atoms with van der Waals surface area (Å²) in [6, 6.07) is 0. The summed E-state index contributed by atoms with van der Waals surface area (Å²) in [5, 5.41) is 0. The Morgan fingerprint density at radius 3 is 1.70 bits per heavy atom. The number of nitrogens with two attached hydrogens (primary N) is 1. The Labute approximate surface area is 69.8 Å². The van der Waals surface area contributed by atoms with Gasteiger partial charge in [-0.25, -0.2) is 0 Å². The summed E-state index contributed by atoms with van der Waals surface area (Å²) in [4.78, 5) is 0. The largest absolute Gasteiger partial charge is 0.330 e. The predicted molar refractivity (Wildman–Crippen MR) is 50.5 cm³/mol. The maximum atomic E-state index is 5.58. The maximum Gasteiger partial charge on any atom is 0.00787 e. The topological polar surface area (TPSA) is 26.0 Å².